The Morgan fingerprint density at radius 2 is 2.00 bits per heavy atom. The third-order valence-corrected chi connectivity index (χ3v) is 2.00. The van der Waals surface area contributed by atoms with E-state index in [1.54, 1.807) is 29.2 Å². The number of nitrogens with zero attached hydrogens (tertiary/aromatic N) is 2. The molecule has 0 aliphatic carbocycles. The molecule has 0 aliphatic rings. The second-order valence-corrected chi connectivity index (χ2v) is 2.92. The molecule has 1 amide bonds. The van der Waals surface area contributed by atoms with Crippen molar-refractivity contribution in [2.45, 2.75) is 13.8 Å². The summed E-state index contributed by atoms with van der Waals surface area (Å²) in [5.41, 5.74) is 1.44. The van der Waals surface area contributed by atoms with Crippen molar-refractivity contribution < 1.29 is 4.79 Å². The molecule has 1 rings (SSSR count). The van der Waals surface area contributed by atoms with Gasteiger partial charge in [0.1, 0.15) is 0 Å². The number of carbonyl (C=O) groups excluding carboxylic acids is 1. The molecular formula is C11H12N2O. The highest BCUT2D eigenvalue weighted by Crippen LogP contribution is 2.14. The Bertz CT molecular complexity index is 362. The van der Waals surface area contributed by atoms with Crippen molar-refractivity contribution in [2.24, 2.45) is 0 Å². The Kier molecular flexibility index (Phi) is 3.24. The number of benzene rings is 1. The maximum Gasteiger partial charge on any atom is 0.223 e. The SMILES string of the molecule is CCN(C(C)=O)c1ccc(C#N)cc1. The van der Waals surface area contributed by atoms with E-state index in [9.17, 15) is 4.79 Å². The number of rotatable bonds is 2. The Balaban J connectivity index is 2.96. The van der Waals surface area contributed by atoms with Gasteiger partial charge in [0.05, 0.1) is 11.6 Å². The predicted molar refractivity (Wildman–Crippen MR) is 54.9 cm³/mol. The summed E-state index contributed by atoms with van der Waals surface area (Å²) in [7, 11) is 0. The van der Waals surface area contributed by atoms with E-state index >= 15 is 0 Å². The zero-order valence-electron chi connectivity index (χ0n) is 8.32. The highest BCUT2D eigenvalue weighted by molar-refractivity contribution is 5.91. The molecule has 0 N–H and O–H groups in total. The molecule has 0 bridgehead atoms. The van der Waals surface area contributed by atoms with E-state index < -0.39 is 0 Å². The number of hydrogen-bond acceptors (Lipinski definition) is 2. The van der Waals surface area contributed by atoms with Crippen molar-refractivity contribution in [1.82, 2.24) is 0 Å². The number of anilines is 1. The molecule has 72 valence electrons. The molecule has 0 saturated carbocycles. The van der Waals surface area contributed by atoms with Gasteiger partial charge in [0, 0.05) is 19.2 Å². The third-order valence-electron chi connectivity index (χ3n) is 2.00. The second-order valence-electron chi connectivity index (χ2n) is 2.92. The van der Waals surface area contributed by atoms with E-state index in [2.05, 4.69) is 0 Å². The molecule has 3 nitrogen and oxygen atoms in total. The van der Waals surface area contributed by atoms with Crippen LogP contribution in [0.25, 0.3) is 0 Å². The summed E-state index contributed by atoms with van der Waals surface area (Å²) in [4.78, 5) is 12.8. The zero-order chi connectivity index (χ0) is 10.6. The largest absolute Gasteiger partial charge is 0.313 e. The van der Waals surface area contributed by atoms with Gasteiger partial charge in [0.15, 0.2) is 0 Å². The van der Waals surface area contributed by atoms with Gasteiger partial charge in [0.25, 0.3) is 0 Å². The van der Waals surface area contributed by atoms with Crippen molar-refractivity contribution in [3.63, 3.8) is 0 Å². The number of carbonyl (C=O) groups is 1. The van der Waals surface area contributed by atoms with Crippen LogP contribution in [0.15, 0.2) is 24.3 Å². The lowest BCUT2D eigenvalue weighted by Gasteiger charge is -2.18. The minimum atomic E-state index is 0.0113. The zero-order valence-corrected chi connectivity index (χ0v) is 8.32. The molecule has 0 heterocycles. The van der Waals surface area contributed by atoms with E-state index in [-0.39, 0.29) is 5.91 Å². The van der Waals surface area contributed by atoms with Crippen molar-refractivity contribution in [1.29, 1.82) is 5.26 Å². The lowest BCUT2D eigenvalue weighted by molar-refractivity contribution is -0.116. The van der Waals surface area contributed by atoms with Crippen LogP contribution in [0.5, 0.6) is 0 Å². The van der Waals surface area contributed by atoms with E-state index in [0.29, 0.717) is 12.1 Å². The molecule has 1 aromatic carbocycles. The molecule has 1 aromatic rings. The molecule has 0 unspecified atom stereocenters. The first-order valence-electron chi connectivity index (χ1n) is 4.47. The maximum absolute atomic E-state index is 11.2. The van der Waals surface area contributed by atoms with Crippen molar-refractivity contribution >= 4 is 11.6 Å². The molecule has 0 aliphatic heterocycles. The smallest absolute Gasteiger partial charge is 0.223 e. The third kappa shape index (κ3) is 2.11. The fourth-order valence-corrected chi connectivity index (χ4v) is 1.30. The van der Waals surface area contributed by atoms with Gasteiger partial charge in [-0.1, -0.05) is 0 Å². The number of amides is 1. The van der Waals surface area contributed by atoms with Crippen molar-refractivity contribution in [3.05, 3.63) is 29.8 Å². The first kappa shape index (κ1) is 10.3. The topological polar surface area (TPSA) is 44.1 Å². The minimum Gasteiger partial charge on any atom is -0.313 e. The first-order valence-corrected chi connectivity index (χ1v) is 4.47. The summed E-state index contributed by atoms with van der Waals surface area (Å²) >= 11 is 0. The Labute approximate surface area is 83.6 Å². The van der Waals surface area contributed by atoms with Gasteiger partial charge in [-0.25, -0.2) is 0 Å². The molecule has 0 radical (unpaired) electrons. The van der Waals surface area contributed by atoms with Crippen LogP contribution < -0.4 is 4.90 Å². The van der Waals surface area contributed by atoms with Crippen LogP contribution in [0.4, 0.5) is 5.69 Å². The van der Waals surface area contributed by atoms with Gasteiger partial charge in [-0.15, -0.1) is 0 Å². The second kappa shape index (κ2) is 4.43. The fourth-order valence-electron chi connectivity index (χ4n) is 1.30. The monoisotopic (exact) mass is 188 g/mol. The Morgan fingerprint density at radius 3 is 2.36 bits per heavy atom. The summed E-state index contributed by atoms with van der Waals surface area (Å²) in [6.07, 6.45) is 0. The van der Waals surface area contributed by atoms with Gasteiger partial charge >= 0.3 is 0 Å². The minimum absolute atomic E-state index is 0.0113. The van der Waals surface area contributed by atoms with Crippen LogP contribution in [-0.4, -0.2) is 12.5 Å². The summed E-state index contributed by atoms with van der Waals surface area (Å²) in [5.74, 6) is 0.0113. The average molecular weight is 188 g/mol. The van der Waals surface area contributed by atoms with Crippen LogP contribution in [-0.2, 0) is 4.79 Å². The van der Waals surface area contributed by atoms with E-state index in [4.69, 9.17) is 5.26 Å². The van der Waals surface area contributed by atoms with Crippen LogP contribution in [0, 0.1) is 11.3 Å². The highest BCUT2D eigenvalue weighted by atomic mass is 16.2. The number of nitriles is 1. The van der Waals surface area contributed by atoms with Gasteiger partial charge in [-0.3, -0.25) is 4.79 Å². The van der Waals surface area contributed by atoms with E-state index in [1.807, 2.05) is 13.0 Å². The lowest BCUT2D eigenvalue weighted by Crippen LogP contribution is -2.27. The van der Waals surface area contributed by atoms with Crippen LogP contribution in [0.2, 0.25) is 0 Å². The normalized spacial score (nSPS) is 9.21. The number of hydrogen-bond donors (Lipinski definition) is 0. The molecular weight excluding hydrogens is 176 g/mol. The first-order chi connectivity index (χ1) is 6.69. The summed E-state index contributed by atoms with van der Waals surface area (Å²) in [5, 5.41) is 8.60. The van der Waals surface area contributed by atoms with Crippen LogP contribution >= 0.6 is 0 Å². The van der Waals surface area contributed by atoms with Crippen molar-refractivity contribution in [2.75, 3.05) is 11.4 Å². The van der Waals surface area contributed by atoms with Gasteiger partial charge < -0.3 is 4.90 Å². The van der Waals surface area contributed by atoms with Crippen LogP contribution in [0.3, 0.4) is 0 Å². The molecule has 0 atom stereocenters. The quantitative estimate of drug-likeness (QED) is 0.711. The van der Waals surface area contributed by atoms with Gasteiger partial charge in [-0.2, -0.15) is 5.26 Å². The Morgan fingerprint density at radius 1 is 1.43 bits per heavy atom. The van der Waals surface area contributed by atoms with Crippen LogP contribution in [0.1, 0.15) is 19.4 Å². The lowest BCUT2D eigenvalue weighted by atomic mass is 10.2. The average Bonchev–Trinajstić information content (AvgIpc) is 2.19. The predicted octanol–water partition coefficient (Wildman–Crippen LogP) is 1.93. The molecule has 0 fully saturated rings. The van der Waals surface area contributed by atoms with E-state index in [0.717, 1.165) is 5.69 Å². The molecule has 0 aromatic heterocycles. The molecule has 14 heavy (non-hydrogen) atoms. The summed E-state index contributed by atoms with van der Waals surface area (Å²) in [6.45, 7) is 4.09. The summed E-state index contributed by atoms with van der Waals surface area (Å²) < 4.78 is 0. The maximum atomic E-state index is 11.2. The Hall–Kier alpha value is -1.82. The van der Waals surface area contributed by atoms with Gasteiger partial charge in [-0.05, 0) is 31.2 Å². The fraction of sp³-hybridized carbons (Fsp3) is 0.273. The molecule has 3 heteroatoms. The molecule has 0 spiro atoms. The van der Waals surface area contributed by atoms with Crippen molar-refractivity contribution in [3.8, 4) is 6.07 Å². The summed E-state index contributed by atoms with van der Waals surface area (Å²) in [6, 6.07) is 9.02. The highest BCUT2D eigenvalue weighted by Gasteiger charge is 2.07. The van der Waals surface area contributed by atoms with E-state index in [1.165, 1.54) is 6.92 Å². The van der Waals surface area contributed by atoms with Gasteiger partial charge in [0.2, 0.25) is 5.91 Å². The molecule has 0 saturated heterocycles. The standard InChI is InChI=1S/C11H12N2O/c1-3-13(9(2)14)11-6-4-10(8-12)5-7-11/h4-7H,3H2,1-2H3.